The Balaban J connectivity index is 2.24. The van der Waals surface area contributed by atoms with Gasteiger partial charge < -0.3 is 4.57 Å². The number of imidazole rings is 1. The number of benzene rings is 1. The third kappa shape index (κ3) is 2.61. The Labute approximate surface area is 101 Å². The molecule has 1 aromatic carbocycles. The summed E-state index contributed by atoms with van der Waals surface area (Å²) in [7, 11) is 0. The maximum Gasteiger partial charge on any atom is 0.159 e. The van der Waals surface area contributed by atoms with Crippen LogP contribution in [0.15, 0.2) is 36.7 Å². The minimum Gasteiger partial charge on any atom is -0.335 e. The van der Waals surface area contributed by atoms with Crippen LogP contribution in [0.3, 0.4) is 0 Å². The van der Waals surface area contributed by atoms with Crippen molar-refractivity contribution in [2.45, 2.75) is 26.8 Å². The Morgan fingerprint density at radius 3 is 2.94 bits per heavy atom. The quantitative estimate of drug-likeness (QED) is 0.754. The molecular formula is C14H16N2O. The molecule has 0 saturated carbocycles. The van der Waals surface area contributed by atoms with Crippen molar-refractivity contribution >= 4 is 5.78 Å². The van der Waals surface area contributed by atoms with Crippen molar-refractivity contribution in [2.75, 3.05) is 0 Å². The van der Waals surface area contributed by atoms with Crippen LogP contribution in [-0.2, 0) is 13.0 Å². The number of rotatable bonds is 4. The van der Waals surface area contributed by atoms with E-state index in [0.717, 1.165) is 29.9 Å². The summed E-state index contributed by atoms with van der Waals surface area (Å²) in [6.45, 7) is 4.60. The molecule has 0 aliphatic rings. The smallest absolute Gasteiger partial charge is 0.159 e. The molecular weight excluding hydrogens is 212 g/mol. The van der Waals surface area contributed by atoms with Gasteiger partial charge in [0.15, 0.2) is 5.78 Å². The van der Waals surface area contributed by atoms with E-state index in [1.54, 1.807) is 6.92 Å². The van der Waals surface area contributed by atoms with Gasteiger partial charge in [0.25, 0.3) is 0 Å². The van der Waals surface area contributed by atoms with E-state index in [1.165, 1.54) is 0 Å². The molecule has 88 valence electrons. The Kier molecular flexibility index (Phi) is 3.38. The number of Topliss-reactive ketones (excluding diaryl/α,β-unsaturated/α-hetero) is 1. The van der Waals surface area contributed by atoms with Crippen LogP contribution in [0.2, 0.25) is 0 Å². The summed E-state index contributed by atoms with van der Waals surface area (Å²) in [6.07, 6.45) is 4.56. The van der Waals surface area contributed by atoms with Crippen molar-refractivity contribution < 1.29 is 4.79 Å². The van der Waals surface area contributed by atoms with Gasteiger partial charge in [-0.25, -0.2) is 4.98 Å². The average molecular weight is 228 g/mol. The summed E-state index contributed by atoms with van der Waals surface area (Å²) in [4.78, 5) is 15.6. The number of carbonyl (C=O) groups is 1. The molecule has 2 rings (SSSR count). The zero-order valence-electron chi connectivity index (χ0n) is 10.2. The van der Waals surface area contributed by atoms with Crippen LogP contribution in [0.1, 0.15) is 35.6 Å². The number of hydrogen-bond donors (Lipinski definition) is 0. The van der Waals surface area contributed by atoms with Crippen molar-refractivity contribution in [1.82, 2.24) is 9.55 Å². The SMILES string of the molecule is CCn1ccnc1Cc1cccc(C(C)=O)c1. The molecule has 0 atom stereocenters. The third-order valence-electron chi connectivity index (χ3n) is 2.84. The fourth-order valence-corrected chi connectivity index (χ4v) is 1.88. The molecule has 0 unspecified atom stereocenters. The van der Waals surface area contributed by atoms with Gasteiger partial charge in [-0.05, 0) is 25.5 Å². The molecule has 3 heteroatoms. The zero-order valence-corrected chi connectivity index (χ0v) is 10.2. The first kappa shape index (κ1) is 11.6. The Hall–Kier alpha value is -1.90. The molecule has 0 fully saturated rings. The van der Waals surface area contributed by atoms with Crippen LogP contribution in [0.5, 0.6) is 0 Å². The number of aryl methyl sites for hydroxylation is 1. The molecule has 1 heterocycles. The van der Waals surface area contributed by atoms with Gasteiger partial charge in [0, 0.05) is 30.9 Å². The molecule has 0 amide bonds. The monoisotopic (exact) mass is 228 g/mol. The Bertz CT molecular complexity index is 529. The molecule has 0 aliphatic heterocycles. The van der Waals surface area contributed by atoms with Gasteiger partial charge in [0.05, 0.1) is 0 Å². The van der Waals surface area contributed by atoms with E-state index in [1.807, 2.05) is 36.7 Å². The van der Waals surface area contributed by atoms with Crippen molar-refractivity contribution in [3.63, 3.8) is 0 Å². The van der Waals surface area contributed by atoms with Crippen molar-refractivity contribution in [3.05, 3.63) is 53.6 Å². The second-order valence-corrected chi connectivity index (χ2v) is 4.06. The highest BCUT2D eigenvalue weighted by Gasteiger charge is 2.05. The molecule has 0 radical (unpaired) electrons. The van der Waals surface area contributed by atoms with Gasteiger partial charge >= 0.3 is 0 Å². The lowest BCUT2D eigenvalue weighted by Crippen LogP contribution is -2.02. The minimum atomic E-state index is 0.102. The summed E-state index contributed by atoms with van der Waals surface area (Å²) in [5.74, 6) is 1.14. The standard InChI is InChI=1S/C14H16N2O/c1-3-16-8-7-15-14(16)10-12-5-4-6-13(9-12)11(2)17/h4-9H,3,10H2,1-2H3. The summed E-state index contributed by atoms with van der Waals surface area (Å²) < 4.78 is 2.11. The molecule has 0 bridgehead atoms. The minimum absolute atomic E-state index is 0.102. The molecule has 3 nitrogen and oxygen atoms in total. The second kappa shape index (κ2) is 4.95. The molecule has 0 spiro atoms. The van der Waals surface area contributed by atoms with Crippen LogP contribution in [0.25, 0.3) is 0 Å². The van der Waals surface area contributed by atoms with Crippen LogP contribution >= 0.6 is 0 Å². The molecule has 0 aliphatic carbocycles. The lowest BCUT2D eigenvalue weighted by atomic mass is 10.1. The first-order chi connectivity index (χ1) is 8.20. The van der Waals surface area contributed by atoms with Gasteiger partial charge in [-0.1, -0.05) is 18.2 Å². The average Bonchev–Trinajstić information content (AvgIpc) is 2.76. The molecule has 0 saturated heterocycles. The van der Waals surface area contributed by atoms with Crippen LogP contribution in [0.4, 0.5) is 0 Å². The Morgan fingerprint density at radius 2 is 2.24 bits per heavy atom. The van der Waals surface area contributed by atoms with Crippen molar-refractivity contribution in [3.8, 4) is 0 Å². The molecule has 0 N–H and O–H groups in total. The number of carbonyl (C=O) groups excluding carboxylic acids is 1. The molecule has 1 aromatic heterocycles. The molecule has 2 aromatic rings. The van der Waals surface area contributed by atoms with Gasteiger partial charge in [-0.3, -0.25) is 4.79 Å². The molecule has 17 heavy (non-hydrogen) atoms. The summed E-state index contributed by atoms with van der Waals surface area (Å²) in [6, 6.07) is 7.74. The number of hydrogen-bond acceptors (Lipinski definition) is 2. The largest absolute Gasteiger partial charge is 0.335 e. The zero-order chi connectivity index (χ0) is 12.3. The number of nitrogens with zero attached hydrogens (tertiary/aromatic N) is 2. The second-order valence-electron chi connectivity index (χ2n) is 4.06. The highest BCUT2D eigenvalue weighted by molar-refractivity contribution is 5.94. The van der Waals surface area contributed by atoms with E-state index < -0.39 is 0 Å². The van der Waals surface area contributed by atoms with Gasteiger partial charge in [0.1, 0.15) is 5.82 Å². The van der Waals surface area contributed by atoms with Gasteiger partial charge in [-0.15, -0.1) is 0 Å². The lowest BCUT2D eigenvalue weighted by molar-refractivity contribution is 0.101. The maximum atomic E-state index is 11.3. The third-order valence-corrected chi connectivity index (χ3v) is 2.84. The predicted octanol–water partition coefficient (Wildman–Crippen LogP) is 2.70. The van der Waals surface area contributed by atoms with Crippen LogP contribution < -0.4 is 0 Å². The van der Waals surface area contributed by atoms with E-state index in [9.17, 15) is 4.79 Å². The van der Waals surface area contributed by atoms with Crippen LogP contribution in [-0.4, -0.2) is 15.3 Å². The van der Waals surface area contributed by atoms with Crippen molar-refractivity contribution in [1.29, 1.82) is 0 Å². The van der Waals surface area contributed by atoms with E-state index in [0.29, 0.717) is 0 Å². The highest BCUT2D eigenvalue weighted by Crippen LogP contribution is 2.11. The summed E-state index contributed by atoms with van der Waals surface area (Å²) in [5, 5.41) is 0. The first-order valence-electron chi connectivity index (χ1n) is 5.80. The fraction of sp³-hybridized carbons (Fsp3) is 0.286. The number of ketones is 1. The van der Waals surface area contributed by atoms with E-state index >= 15 is 0 Å². The van der Waals surface area contributed by atoms with Crippen molar-refractivity contribution in [2.24, 2.45) is 0 Å². The van der Waals surface area contributed by atoms with Gasteiger partial charge in [-0.2, -0.15) is 0 Å². The van der Waals surface area contributed by atoms with E-state index in [-0.39, 0.29) is 5.78 Å². The van der Waals surface area contributed by atoms with E-state index in [4.69, 9.17) is 0 Å². The van der Waals surface area contributed by atoms with E-state index in [2.05, 4.69) is 16.5 Å². The fourth-order valence-electron chi connectivity index (χ4n) is 1.88. The maximum absolute atomic E-state index is 11.3. The lowest BCUT2D eigenvalue weighted by Gasteiger charge is -2.05. The van der Waals surface area contributed by atoms with Gasteiger partial charge in [0.2, 0.25) is 0 Å². The highest BCUT2D eigenvalue weighted by atomic mass is 16.1. The predicted molar refractivity (Wildman–Crippen MR) is 67.2 cm³/mol. The topological polar surface area (TPSA) is 34.9 Å². The Morgan fingerprint density at radius 1 is 1.41 bits per heavy atom. The number of aromatic nitrogens is 2. The first-order valence-corrected chi connectivity index (χ1v) is 5.80. The summed E-state index contributed by atoms with van der Waals surface area (Å²) >= 11 is 0. The summed E-state index contributed by atoms with van der Waals surface area (Å²) in [5.41, 5.74) is 1.88. The van der Waals surface area contributed by atoms with Crippen LogP contribution in [0, 0.1) is 0 Å². The normalized spacial score (nSPS) is 10.5.